The van der Waals surface area contributed by atoms with Gasteiger partial charge >= 0.3 is 0 Å². The maximum absolute atomic E-state index is 13.0. The van der Waals surface area contributed by atoms with E-state index in [4.69, 9.17) is 10.5 Å². The molecule has 0 fully saturated rings. The van der Waals surface area contributed by atoms with Crippen molar-refractivity contribution in [3.8, 4) is 5.75 Å². The number of nitrogens with two attached hydrogens (primary N) is 1. The molecule has 2 aromatic rings. The molecule has 3 heteroatoms. The lowest BCUT2D eigenvalue weighted by Crippen LogP contribution is -2.03. The molecule has 2 aromatic carbocycles. The van der Waals surface area contributed by atoms with Crippen molar-refractivity contribution in [1.82, 2.24) is 0 Å². The van der Waals surface area contributed by atoms with Crippen LogP contribution in [-0.4, -0.2) is 0 Å². The van der Waals surface area contributed by atoms with Crippen LogP contribution in [0, 0.1) is 5.82 Å². The smallest absolute Gasteiger partial charge is 0.123 e. The van der Waals surface area contributed by atoms with Crippen molar-refractivity contribution >= 4 is 5.69 Å². The summed E-state index contributed by atoms with van der Waals surface area (Å²) in [6.07, 6.45) is -0.200. The number of hydrogen-bond donors (Lipinski definition) is 1. The number of anilines is 1. The van der Waals surface area contributed by atoms with Gasteiger partial charge in [0.2, 0.25) is 0 Å². The Morgan fingerprint density at radius 3 is 2.47 bits per heavy atom. The number of benzene rings is 2. The summed E-state index contributed by atoms with van der Waals surface area (Å²) in [5.41, 5.74) is 7.08. The van der Waals surface area contributed by atoms with Crippen LogP contribution in [-0.2, 0) is 0 Å². The maximum Gasteiger partial charge on any atom is 0.123 e. The van der Waals surface area contributed by atoms with Crippen molar-refractivity contribution in [1.29, 1.82) is 0 Å². The van der Waals surface area contributed by atoms with Gasteiger partial charge in [0.15, 0.2) is 0 Å². The maximum atomic E-state index is 13.0. The number of ether oxygens (including phenoxy) is 1. The van der Waals surface area contributed by atoms with Crippen molar-refractivity contribution in [3.63, 3.8) is 0 Å². The van der Waals surface area contributed by atoms with E-state index in [1.807, 2.05) is 13.0 Å². The van der Waals surface area contributed by atoms with Gasteiger partial charge in [-0.25, -0.2) is 4.39 Å². The molecule has 88 valence electrons. The Morgan fingerprint density at radius 2 is 1.82 bits per heavy atom. The lowest BCUT2D eigenvalue weighted by Gasteiger charge is -2.15. The minimum absolute atomic E-state index is 0.200. The molecule has 0 spiro atoms. The van der Waals surface area contributed by atoms with E-state index in [1.165, 1.54) is 12.1 Å². The van der Waals surface area contributed by atoms with Crippen LogP contribution in [0.15, 0.2) is 48.5 Å². The molecule has 0 amide bonds. The summed E-state index contributed by atoms with van der Waals surface area (Å²) in [5.74, 6) is 0.464. The van der Waals surface area contributed by atoms with Gasteiger partial charge < -0.3 is 10.5 Å². The van der Waals surface area contributed by atoms with E-state index in [2.05, 4.69) is 0 Å². The van der Waals surface area contributed by atoms with Crippen LogP contribution in [0.5, 0.6) is 5.75 Å². The van der Waals surface area contributed by atoms with Crippen molar-refractivity contribution in [2.24, 2.45) is 0 Å². The molecular weight excluding hydrogens is 217 g/mol. The highest BCUT2D eigenvalue weighted by Crippen LogP contribution is 2.22. The van der Waals surface area contributed by atoms with Crippen LogP contribution in [0.1, 0.15) is 18.6 Å². The van der Waals surface area contributed by atoms with Gasteiger partial charge in [-0.2, -0.15) is 0 Å². The highest BCUT2D eigenvalue weighted by molar-refractivity contribution is 5.41. The fraction of sp³-hybridized carbons (Fsp3) is 0.143. The zero-order chi connectivity index (χ0) is 12.3. The lowest BCUT2D eigenvalue weighted by molar-refractivity contribution is 0.226. The molecule has 0 aliphatic carbocycles. The first kappa shape index (κ1) is 11.5. The van der Waals surface area contributed by atoms with Crippen LogP contribution < -0.4 is 10.5 Å². The van der Waals surface area contributed by atoms with Crippen molar-refractivity contribution in [2.75, 3.05) is 5.73 Å². The van der Waals surface area contributed by atoms with Gasteiger partial charge in [0.1, 0.15) is 17.7 Å². The fourth-order valence-corrected chi connectivity index (χ4v) is 1.58. The third-order valence-corrected chi connectivity index (χ3v) is 2.51. The zero-order valence-electron chi connectivity index (χ0n) is 9.56. The molecule has 1 atom stereocenters. The average Bonchev–Trinajstić information content (AvgIpc) is 2.32. The molecule has 2 N–H and O–H groups in total. The van der Waals surface area contributed by atoms with E-state index in [9.17, 15) is 4.39 Å². The second kappa shape index (κ2) is 4.87. The van der Waals surface area contributed by atoms with Crippen LogP contribution >= 0.6 is 0 Å². The van der Waals surface area contributed by atoms with Crippen LogP contribution in [0.3, 0.4) is 0 Å². The highest BCUT2D eigenvalue weighted by atomic mass is 19.1. The summed E-state index contributed by atoms with van der Waals surface area (Å²) in [5, 5.41) is 0. The average molecular weight is 231 g/mol. The van der Waals surface area contributed by atoms with Gasteiger partial charge in [-0.1, -0.05) is 12.1 Å². The molecule has 2 nitrogen and oxygen atoms in total. The lowest BCUT2D eigenvalue weighted by atomic mass is 10.1. The summed E-state index contributed by atoms with van der Waals surface area (Å²) >= 11 is 0. The molecule has 2 rings (SSSR count). The van der Waals surface area contributed by atoms with E-state index in [0.717, 1.165) is 11.3 Å². The van der Waals surface area contributed by atoms with Crippen molar-refractivity contribution in [2.45, 2.75) is 13.0 Å². The Kier molecular flexibility index (Phi) is 3.28. The minimum atomic E-state index is -0.254. The summed E-state index contributed by atoms with van der Waals surface area (Å²) in [6.45, 7) is 1.88. The minimum Gasteiger partial charge on any atom is -0.486 e. The molecule has 0 unspecified atom stereocenters. The largest absolute Gasteiger partial charge is 0.486 e. The molecule has 0 saturated heterocycles. The first-order valence-corrected chi connectivity index (χ1v) is 5.43. The van der Waals surface area contributed by atoms with E-state index < -0.39 is 0 Å². The second-order valence-corrected chi connectivity index (χ2v) is 3.88. The van der Waals surface area contributed by atoms with Gasteiger partial charge in [0, 0.05) is 5.69 Å². The Bertz CT molecular complexity index is 496. The monoisotopic (exact) mass is 231 g/mol. The number of halogens is 1. The van der Waals surface area contributed by atoms with Gasteiger partial charge in [-0.05, 0) is 48.9 Å². The molecule has 0 aromatic heterocycles. The van der Waals surface area contributed by atoms with E-state index >= 15 is 0 Å². The van der Waals surface area contributed by atoms with Crippen molar-refractivity contribution in [3.05, 3.63) is 59.9 Å². The SMILES string of the molecule is C[C@H](Oc1ccc(N)cc1)c1cccc(F)c1. The molecule has 0 aliphatic heterocycles. The molecule has 0 bridgehead atoms. The van der Waals surface area contributed by atoms with Gasteiger partial charge in [-0.15, -0.1) is 0 Å². The predicted octanol–water partition coefficient (Wildman–Crippen LogP) is 3.55. The van der Waals surface area contributed by atoms with E-state index in [0.29, 0.717) is 5.69 Å². The zero-order valence-corrected chi connectivity index (χ0v) is 9.56. The second-order valence-electron chi connectivity index (χ2n) is 3.88. The Balaban J connectivity index is 2.11. The quantitative estimate of drug-likeness (QED) is 0.820. The number of hydrogen-bond acceptors (Lipinski definition) is 2. The first-order chi connectivity index (χ1) is 8.15. The van der Waals surface area contributed by atoms with E-state index in [-0.39, 0.29) is 11.9 Å². The summed E-state index contributed by atoms with van der Waals surface area (Å²) in [7, 11) is 0. The van der Waals surface area contributed by atoms with Gasteiger partial charge in [-0.3, -0.25) is 0 Å². The van der Waals surface area contributed by atoms with Gasteiger partial charge in [0.25, 0.3) is 0 Å². The molecule has 0 saturated carbocycles. The van der Waals surface area contributed by atoms with Crippen molar-refractivity contribution < 1.29 is 9.13 Å². The Morgan fingerprint density at radius 1 is 1.12 bits per heavy atom. The number of rotatable bonds is 3. The Hall–Kier alpha value is -2.03. The van der Waals surface area contributed by atoms with Crippen LogP contribution in [0.25, 0.3) is 0 Å². The Labute approximate surface area is 99.8 Å². The third kappa shape index (κ3) is 2.97. The summed E-state index contributed by atoms with van der Waals surface area (Å²) < 4.78 is 18.7. The molecule has 17 heavy (non-hydrogen) atoms. The molecule has 0 aliphatic rings. The number of nitrogen functional groups attached to an aromatic ring is 1. The summed E-state index contributed by atoms with van der Waals surface area (Å²) in [4.78, 5) is 0. The van der Waals surface area contributed by atoms with Gasteiger partial charge in [0.05, 0.1) is 0 Å². The molecular formula is C14H14FNO. The van der Waals surface area contributed by atoms with Crippen LogP contribution in [0.4, 0.5) is 10.1 Å². The molecule has 0 heterocycles. The first-order valence-electron chi connectivity index (χ1n) is 5.43. The third-order valence-electron chi connectivity index (χ3n) is 2.51. The molecule has 0 radical (unpaired) electrons. The normalized spacial score (nSPS) is 12.1. The standard InChI is InChI=1S/C14H14FNO/c1-10(11-3-2-4-12(15)9-11)17-14-7-5-13(16)6-8-14/h2-10H,16H2,1H3/t10-/m0/s1. The summed E-state index contributed by atoms with van der Waals surface area (Å²) in [6, 6.07) is 13.5. The van der Waals surface area contributed by atoms with Crippen LogP contribution in [0.2, 0.25) is 0 Å². The predicted molar refractivity (Wildman–Crippen MR) is 66.3 cm³/mol. The fourth-order valence-electron chi connectivity index (χ4n) is 1.58. The highest BCUT2D eigenvalue weighted by Gasteiger charge is 2.07. The van der Waals surface area contributed by atoms with E-state index in [1.54, 1.807) is 30.3 Å². The topological polar surface area (TPSA) is 35.2 Å².